The first-order chi connectivity index (χ1) is 11.2. The molecule has 1 aliphatic heterocycles. The number of aromatic nitrogens is 1. The van der Waals surface area contributed by atoms with Gasteiger partial charge in [-0.05, 0) is 26.0 Å². The average Bonchev–Trinajstić information content (AvgIpc) is 2.56. The Labute approximate surface area is 138 Å². The van der Waals surface area contributed by atoms with Crippen molar-refractivity contribution in [3.8, 4) is 11.8 Å². The van der Waals surface area contributed by atoms with Crippen LogP contribution in [0.5, 0.6) is 0 Å². The number of hydrogen-bond donors (Lipinski definition) is 2. The highest BCUT2D eigenvalue weighted by Crippen LogP contribution is 2.12. The Bertz CT molecular complexity index is 543. The van der Waals surface area contributed by atoms with Crippen LogP contribution in [0.2, 0.25) is 0 Å². The number of amides is 2. The predicted octanol–water partition coefficient (Wildman–Crippen LogP) is 0.915. The fourth-order valence-electron chi connectivity index (χ4n) is 2.62. The largest absolute Gasteiger partial charge is 0.354 e. The van der Waals surface area contributed by atoms with Gasteiger partial charge in [-0.15, -0.1) is 5.92 Å². The van der Waals surface area contributed by atoms with Crippen molar-refractivity contribution in [3.05, 3.63) is 24.4 Å². The van der Waals surface area contributed by atoms with Crippen molar-refractivity contribution in [1.82, 2.24) is 20.5 Å². The second-order valence-electron chi connectivity index (χ2n) is 5.63. The molecule has 0 saturated carbocycles. The Morgan fingerprint density at radius 3 is 2.78 bits per heavy atom. The van der Waals surface area contributed by atoms with Gasteiger partial charge in [0.1, 0.15) is 5.82 Å². The molecule has 124 valence electrons. The molecule has 6 nitrogen and oxygen atoms in total. The van der Waals surface area contributed by atoms with Gasteiger partial charge >= 0.3 is 6.03 Å². The molecular formula is C17H25N5O. The molecule has 1 aromatic rings. The van der Waals surface area contributed by atoms with Gasteiger partial charge in [0, 0.05) is 45.0 Å². The maximum atomic E-state index is 11.7. The number of rotatable bonds is 5. The normalized spacial score (nSPS) is 16.2. The molecule has 0 aliphatic carbocycles. The summed E-state index contributed by atoms with van der Waals surface area (Å²) in [7, 11) is 0. The van der Waals surface area contributed by atoms with E-state index in [0.29, 0.717) is 6.54 Å². The van der Waals surface area contributed by atoms with Crippen LogP contribution >= 0.6 is 0 Å². The van der Waals surface area contributed by atoms with Gasteiger partial charge in [0.25, 0.3) is 0 Å². The van der Waals surface area contributed by atoms with E-state index >= 15 is 0 Å². The molecule has 1 saturated heterocycles. The van der Waals surface area contributed by atoms with Gasteiger partial charge in [0.05, 0.1) is 6.54 Å². The molecule has 2 N–H and O–H groups in total. The monoisotopic (exact) mass is 315 g/mol. The lowest BCUT2D eigenvalue weighted by atomic mass is 10.2. The Hall–Kier alpha value is -2.26. The zero-order valence-corrected chi connectivity index (χ0v) is 13.9. The second kappa shape index (κ2) is 9.01. The van der Waals surface area contributed by atoms with E-state index in [4.69, 9.17) is 0 Å². The van der Waals surface area contributed by atoms with Gasteiger partial charge < -0.3 is 15.5 Å². The molecule has 2 rings (SSSR count). The van der Waals surface area contributed by atoms with E-state index in [1.807, 2.05) is 31.3 Å². The Kier molecular flexibility index (Phi) is 6.70. The molecule has 1 unspecified atom stereocenters. The smallest absolute Gasteiger partial charge is 0.315 e. The number of hydrogen-bond acceptors (Lipinski definition) is 4. The lowest BCUT2D eigenvalue weighted by Gasteiger charge is -2.36. The zero-order valence-electron chi connectivity index (χ0n) is 13.9. The topological polar surface area (TPSA) is 60.5 Å². The quantitative estimate of drug-likeness (QED) is 0.793. The molecule has 1 aliphatic rings. The third-order valence-electron chi connectivity index (χ3n) is 3.77. The van der Waals surface area contributed by atoms with Crippen LogP contribution in [0.1, 0.15) is 13.8 Å². The molecule has 0 bridgehead atoms. The summed E-state index contributed by atoms with van der Waals surface area (Å²) < 4.78 is 0. The van der Waals surface area contributed by atoms with E-state index in [1.54, 1.807) is 6.92 Å². The van der Waals surface area contributed by atoms with Crippen molar-refractivity contribution >= 4 is 11.8 Å². The van der Waals surface area contributed by atoms with E-state index in [0.717, 1.165) is 38.5 Å². The summed E-state index contributed by atoms with van der Waals surface area (Å²) in [4.78, 5) is 20.7. The van der Waals surface area contributed by atoms with Crippen molar-refractivity contribution in [2.24, 2.45) is 0 Å². The van der Waals surface area contributed by atoms with Crippen LogP contribution in [0, 0.1) is 11.8 Å². The maximum Gasteiger partial charge on any atom is 0.315 e. The van der Waals surface area contributed by atoms with Crippen LogP contribution in [0.4, 0.5) is 10.6 Å². The number of nitrogens with one attached hydrogen (secondary N) is 2. The van der Waals surface area contributed by atoms with Crippen molar-refractivity contribution < 1.29 is 4.79 Å². The molecule has 0 spiro atoms. The predicted molar refractivity (Wildman–Crippen MR) is 92.3 cm³/mol. The Morgan fingerprint density at radius 2 is 2.13 bits per heavy atom. The number of nitrogens with zero attached hydrogens (tertiary/aromatic N) is 3. The van der Waals surface area contributed by atoms with Gasteiger partial charge in [0.2, 0.25) is 0 Å². The number of pyridine rings is 1. The molecular weight excluding hydrogens is 290 g/mol. The summed E-state index contributed by atoms with van der Waals surface area (Å²) >= 11 is 0. The Balaban J connectivity index is 1.69. The third kappa shape index (κ3) is 5.80. The molecule has 1 aromatic heterocycles. The fraction of sp³-hybridized carbons (Fsp3) is 0.529. The first kappa shape index (κ1) is 17.1. The molecule has 2 amide bonds. The highest BCUT2D eigenvalue weighted by atomic mass is 16.2. The SMILES string of the molecule is CC#CCNC(=O)NC(C)CN1CCN(c2ccccn2)CC1. The summed E-state index contributed by atoms with van der Waals surface area (Å²) in [6.45, 7) is 8.89. The van der Waals surface area contributed by atoms with E-state index in [9.17, 15) is 4.79 Å². The first-order valence-corrected chi connectivity index (χ1v) is 8.01. The van der Waals surface area contributed by atoms with Gasteiger partial charge in [-0.1, -0.05) is 12.0 Å². The number of urea groups is 1. The van der Waals surface area contributed by atoms with Crippen LogP contribution in [-0.4, -0.2) is 61.2 Å². The van der Waals surface area contributed by atoms with Gasteiger partial charge in [-0.3, -0.25) is 4.90 Å². The zero-order chi connectivity index (χ0) is 16.5. The van der Waals surface area contributed by atoms with Gasteiger partial charge in [0.15, 0.2) is 0 Å². The van der Waals surface area contributed by atoms with Crippen LogP contribution < -0.4 is 15.5 Å². The minimum Gasteiger partial charge on any atom is -0.354 e. The summed E-state index contributed by atoms with van der Waals surface area (Å²) in [5.41, 5.74) is 0. The summed E-state index contributed by atoms with van der Waals surface area (Å²) in [6, 6.07) is 5.94. The van der Waals surface area contributed by atoms with Crippen LogP contribution in [0.25, 0.3) is 0 Å². The standard InChI is InChI=1S/C17H25N5O/c1-3-4-8-19-17(23)20-15(2)14-21-10-12-22(13-11-21)16-7-5-6-9-18-16/h5-7,9,15H,8,10-14H2,1-2H3,(H2,19,20,23). The van der Waals surface area contributed by atoms with E-state index in [1.165, 1.54) is 0 Å². The van der Waals surface area contributed by atoms with E-state index in [2.05, 4.69) is 37.3 Å². The van der Waals surface area contributed by atoms with Crippen molar-refractivity contribution in [2.75, 3.05) is 44.2 Å². The van der Waals surface area contributed by atoms with Crippen molar-refractivity contribution in [2.45, 2.75) is 19.9 Å². The number of carbonyl (C=O) groups is 1. The molecule has 6 heteroatoms. The summed E-state index contributed by atoms with van der Waals surface area (Å²) in [5, 5.41) is 5.67. The number of carbonyl (C=O) groups excluding carboxylic acids is 1. The molecule has 0 aromatic carbocycles. The minimum atomic E-state index is -0.160. The second-order valence-corrected chi connectivity index (χ2v) is 5.63. The van der Waals surface area contributed by atoms with Crippen LogP contribution in [0.15, 0.2) is 24.4 Å². The maximum absolute atomic E-state index is 11.7. The average molecular weight is 315 g/mol. The van der Waals surface area contributed by atoms with Crippen LogP contribution in [-0.2, 0) is 0 Å². The Morgan fingerprint density at radius 1 is 1.35 bits per heavy atom. The minimum absolute atomic E-state index is 0.103. The lowest BCUT2D eigenvalue weighted by Crippen LogP contribution is -2.52. The molecule has 0 radical (unpaired) electrons. The summed E-state index contributed by atoms with van der Waals surface area (Å²) in [6.07, 6.45) is 1.83. The molecule has 2 heterocycles. The molecule has 1 fully saturated rings. The van der Waals surface area contributed by atoms with Crippen molar-refractivity contribution in [3.63, 3.8) is 0 Å². The highest BCUT2D eigenvalue weighted by Gasteiger charge is 2.19. The van der Waals surface area contributed by atoms with E-state index in [-0.39, 0.29) is 12.1 Å². The van der Waals surface area contributed by atoms with E-state index < -0.39 is 0 Å². The van der Waals surface area contributed by atoms with Gasteiger partial charge in [-0.2, -0.15) is 0 Å². The molecule has 1 atom stereocenters. The highest BCUT2D eigenvalue weighted by molar-refractivity contribution is 5.74. The number of anilines is 1. The fourth-order valence-corrected chi connectivity index (χ4v) is 2.62. The molecule has 23 heavy (non-hydrogen) atoms. The summed E-state index contributed by atoms with van der Waals surface area (Å²) in [5.74, 6) is 6.60. The lowest BCUT2D eigenvalue weighted by molar-refractivity contribution is 0.218. The van der Waals surface area contributed by atoms with Crippen molar-refractivity contribution in [1.29, 1.82) is 0 Å². The number of piperazine rings is 1. The van der Waals surface area contributed by atoms with Crippen LogP contribution in [0.3, 0.4) is 0 Å². The van der Waals surface area contributed by atoms with Gasteiger partial charge in [-0.25, -0.2) is 9.78 Å². The first-order valence-electron chi connectivity index (χ1n) is 8.01. The third-order valence-corrected chi connectivity index (χ3v) is 3.77.